The highest BCUT2D eigenvalue weighted by molar-refractivity contribution is 7.92. The number of morpholine rings is 1. The zero-order chi connectivity index (χ0) is 30.4. The Hall–Kier alpha value is -4.43. The molecule has 0 radical (unpaired) electrons. The van der Waals surface area contributed by atoms with E-state index in [0.29, 0.717) is 48.2 Å². The first-order valence-electron chi connectivity index (χ1n) is 13.7. The number of aromatic amines is 1. The van der Waals surface area contributed by atoms with E-state index in [4.69, 9.17) is 9.72 Å². The standard InChI is InChI=1S/C29H29F2N7O4S/c1-17-16-42-13-12-38(17)25-14-24(29(10-11-29)43(40,41)26-21(30)4-3-5-22(26)31)35-27(36-25)19-6-8-20(9-7-19)33-28(39)34-23-15-32-37-18(23)2/h3-9,14-15,17H,10-13,16H2,1-2H3,(H,32,37)(H2,33,34,39)/t17-/m0/s1. The number of amides is 2. The maximum atomic E-state index is 14.7. The molecule has 2 aromatic carbocycles. The molecule has 2 aliphatic rings. The Labute approximate surface area is 246 Å². The van der Waals surface area contributed by atoms with Gasteiger partial charge in [0.1, 0.15) is 27.1 Å². The second-order valence-corrected chi connectivity index (χ2v) is 12.9. The molecule has 3 N–H and O–H groups in total. The maximum absolute atomic E-state index is 14.7. The molecule has 0 unspecified atom stereocenters. The van der Waals surface area contributed by atoms with Crippen molar-refractivity contribution in [2.75, 3.05) is 35.3 Å². The molecule has 1 aliphatic heterocycles. The van der Waals surface area contributed by atoms with Crippen molar-refractivity contribution < 1.29 is 26.7 Å². The van der Waals surface area contributed by atoms with E-state index in [1.54, 1.807) is 37.3 Å². The summed E-state index contributed by atoms with van der Waals surface area (Å²) in [6.45, 7) is 5.19. The number of aromatic nitrogens is 4. The number of urea groups is 1. The summed E-state index contributed by atoms with van der Waals surface area (Å²) in [6, 6.07) is 10.8. The summed E-state index contributed by atoms with van der Waals surface area (Å²) >= 11 is 0. The number of H-pyrrole nitrogens is 1. The molecule has 2 aromatic heterocycles. The second-order valence-electron chi connectivity index (χ2n) is 10.7. The lowest BCUT2D eigenvalue weighted by atomic mass is 10.1. The van der Waals surface area contributed by atoms with Gasteiger partial charge in [-0.05, 0) is 63.1 Å². The molecule has 224 valence electrons. The van der Waals surface area contributed by atoms with Crippen LogP contribution in [0, 0.1) is 18.6 Å². The molecule has 0 spiro atoms. The molecule has 2 fully saturated rings. The monoisotopic (exact) mass is 609 g/mol. The lowest BCUT2D eigenvalue weighted by Crippen LogP contribution is -2.44. The van der Waals surface area contributed by atoms with Crippen LogP contribution >= 0.6 is 0 Å². The van der Waals surface area contributed by atoms with Crippen LogP contribution < -0.4 is 15.5 Å². The minimum atomic E-state index is -4.49. The first kappa shape index (κ1) is 28.7. The predicted molar refractivity (Wildman–Crippen MR) is 156 cm³/mol. The fourth-order valence-electron chi connectivity index (χ4n) is 5.19. The second kappa shape index (κ2) is 11.0. The number of ether oxygens (including phenoxy) is 1. The van der Waals surface area contributed by atoms with Crippen LogP contribution in [0.5, 0.6) is 0 Å². The smallest absolute Gasteiger partial charge is 0.323 e. The van der Waals surface area contributed by atoms with Gasteiger partial charge in [0.05, 0.1) is 42.5 Å². The topological polar surface area (TPSA) is 142 Å². The van der Waals surface area contributed by atoms with E-state index in [1.807, 2.05) is 11.8 Å². The molecule has 0 bridgehead atoms. The van der Waals surface area contributed by atoms with Crippen molar-refractivity contribution in [3.8, 4) is 11.4 Å². The first-order chi connectivity index (χ1) is 20.6. The van der Waals surface area contributed by atoms with Crippen LogP contribution in [0.2, 0.25) is 0 Å². The van der Waals surface area contributed by atoms with E-state index in [2.05, 4.69) is 25.8 Å². The third-order valence-corrected chi connectivity index (χ3v) is 10.3. The average molecular weight is 610 g/mol. The summed E-state index contributed by atoms with van der Waals surface area (Å²) in [6.07, 6.45) is 1.82. The largest absolute Gasteiger partial charge is 0.377 e. The maximum Gasteiger partial charge on any atom is 0.323 e. The van der Waals surface area contributed by atoms with E-state index >= 15 is 0 Å². The van der Waals surface area contributed by atoms with Crippen LogP contribution in [0.1, 0.15) is 31.2 Å². The van der Waals surface area contributed by atoms with E-state index in [-0.39, 0.29) is 30.4 Å². The van der Waals surface area contributed by atoms with Gasteiger partial charge in [0, 0.05) is 23.9 Å². The highest BCUT2D eigenvalue weighted by Crippen LogP contribution is 2.55. The van der Waals surface area contributed by atoms with Gasteiger partial charge in [0.2, 0.25) is 0 Å². The van der Waals surface area contributed by atoms with E-state index in [9.17, 15) is 22.0 Å². The van der Waals surface area contributed by atoms with Crippen molar-refractivity contribution in [1.29, 1.82) is 0 Å². The number of halogens is 2. The summed E-state index contributed by atoms with van der Waals surface area (Å²) < 4.78 is 61.1. The Kier molecular flexibility index (Phi) is 7.34. The van der Waals surface area contributed by atoms with Gasteiger partial charge in [-0.25, -0.2) is 32.0 Å². The van der Waals surface area contributed by atoms with Gasteiger partial charge in [-0.3, -0.25) is 5.10 Å². The highest BCUT2D eigenvalue weighted by Gasteiger charge is 2.59. The van der Waals surface area contributed by atoms with E-state index < -0.39 is 37.1 Å². The summed E-state index contributed by atoms with van der Waals surface area (Å²) in [4.78, 5) is 22.9. The zero-order valence-corrected chi connectivity index (χ0v) is 24.2. The van der Waals surface area contributed by atoms with Crippen LogP contribution in [0.3, 0.4) is 0 Å². The minimum absolute atomic E-state index is 0.0518. The zero-order valence-electron chi connectivity index (χ0n) is 23.4. The normalized spacial score (nSPS) is 17.9. The van der Waals surface area contributed by atoms with Crippen molar-refractivity contribution in [1.82, 2.24) is 20.2 Å². The number of nitrogens with one attached hydrogen (secondary N) is 3. The number of aryl methyl sites for hydroxylation is 1. The Morgan fingerprint density at radius 3 is 2.44 bits per heavy atom. The summed E-state index contributed by atoms with van der Waals surface area (Å²) in [5, 5.41) is 12.1. The number of carbonyl (C=O) groups is 1. The quantitative estimate of drug-likeness (QED) is 0.272. The predicted octanol–water partition coefficient (Wildman–Crippen LogP) is 4.79. The number of nitrogens with zero attached hydrogens (tertiary/aromatic N) is 4. The van der Waals surface area contributed by atoms with E-state index in [0.717, 1.165) is 18.2 Å². The average Bonchev–Trinajstić information content (AvgIpc) is 3.71. The van der Waals surface area contributed by atoms with Crippen LogP contribution in [0.15, 0.2) is 59.6 Å². The number of hydrogen-bond donors (Lipinski definition) is 3. The molecule has 3 heterocycles. The highest BCUT2D eigenvalue weighted by atomic mass is 32.2. The minimum Gasteiger partial charge on any atom is -0.377 e. The molecule has 14 heteroatoms. The molecule has 4 aromatic rings. The molecule has 11 nitrogen and oxygen atoms in total. The fraction of sp³-hybridized carbons (Fsp3) is 0.310. The van der Waals surface area contributed by atoms with Crippen molar-refractivity contribution in [2.45, 2.75) is 42.4 Å². The summed E-state index contributed by atoms with van der Waals surface area (Å²) in [7, 11) is -4.49. The molecular weight excluding hydrogens is 580 g/mol. The lowest BCUT2D eigenvalue weighted by Gasteiger charge is -2.34. The van der Waals surface area contributed by atoms with Gasteiger partial charge in [0.25, 0.3) is 0 Å². The van der Waals surface area contributed by atoms with Gasteiger partial charge in [-0.15, -0.1) is 0 Å². The molecule has 1 saturated heterocycles. The number of carbonyl (C=O) groups excluding carboxylic acids is 1. The SMILES string of the molecule is Cc1[nH]ncc1NC(=O)Nc1ccc(-c2nc(N3CCOC[C@@H]3C)cc(C3(S(=O)(=O)c4c(F)cccc4F)CC3)n2)cc1. The number of benzene rings is 2. The summed E-state index contributed by atoms with van der Waals surface area (Å²) in [5.41, 5.74) is 2.48. The Morgan fingerprint density at radius 1 is 1.09 bits per heavy atom. The third-order valence-electron chi connectivity index (χ3n) is 7.73. The Balaban J connectivity index is 1.36. The molecule has 6 rings (SSSR count). The Bertz CT molecular complexity index is 1770. The van der Waals surface area contributed by atoms with Crippen LogP contribution in [-0.4, -0.2) is 60.4 Å². The molecule has 43 heavy (non-hydrogen) atoms. The van der Waals surface area contributed by atoms with Crippen molar-refractivity contribution in [3.63, 3.8) is 0 Å². The van der Waals surface area contributed by atoms with Gasteiger partial charge in [0.15, 0.2) is 15.7 Å². The summed E-state index contributed by atoms with van der Waals surface area (Å²) in [5.74, 6) is -1.55. The fourth-order valence-corrected chi connectivity index (χ4v) is 7.25. The lowest BCUT2D eigenvalue weighted by molar-refractivity contribution is 0.0985. The van der Waals surface area contributed by atoms with Gasteiger partial charge in [-0.1, -0.05) is 6.07 Å². The molecule has 1 aliphatic carbocycles. The number of rotatable bonds is 7. The first-order valence-corrected chi connectivity index (χ1v) is 15.2. The van der Waals surface area contributed by atoms with Crippen molar-refractivity contribution >= 4 is 33.1 Å². The molecule has 1 atom stereocenters. The number of hydrogen-bond acceptors (Lipinski definition) is 8. The third kappa shape index (κ3) is 5.31. The van der Waals surface area contributed by atoms with Gasteiger partial charge in [-0.2, -0.15) is 5.10 Å². The molecule has 1 saturated carbocycles. The molecular formula is C29H29F2N7O4S. The van der Waals surface area contributed by atoms with Crippen LogP contribution in [-0.2, 0) is 19.3 Å². The molecule has 2 amide bonds. The van der Waals surface area contributed by atoms with Gasteiger partial charge >= 0.3 is 6.03 Å². The number of anilines is 3. The van der Waals surface area contributed by atoms with Crippen molar-refractivity contribution in [3.05, 3.63) is 77.8 Å². The van der Waals surface area contributed by atoms with E-state index in [1.165, 1.54) is 6.20 Å². The van der Waals surface area contributed by atoms with Crippen LogP contribution in [0.25, 0.3) is 11.4 Å². The van der Waals surface area contributed by atoms with Gasteiger partial charge < -0.3 is 20.3 Å². The van der Waals surface area contributed by atoms with Crippen molar-refractivity contribution in [2.24, 2.45) is 0 Å². The van der Waals surface area contributed by atoms with Crippen LogP contribution in [0.4, 0.5) is 30.8 Å². The number of sulfone groups is 1. The Morgan fingerprint density at radius 2 is 1.81 bits per heavy atom.